The quantitative estimate of drug-likeness (QED) is 0.751. The topological polar surface area (TPSA) is 89.8 Å². The first-order chi connectivity index (χ1) is 11.4. The molecule has 0 saturated heterocycles. The average Bonchev–Trinajstić information content (AvgIpc) is 3.02. The standard InChI is InChI=1S/C14H11F2N5O2S/c15-10-5-11(16)7-14(6-10)24(22,23)18-8-12-9-21(20-19-12)13-1-3-17-4-2-13/h1-7,9,18H,8H2. The van der Waals surface area contributed by atoms with Crippen molar-refractivity contribution in [1.82, 2.24) is 24.7 Å². The number of halogens is 2. The van der Waals surface area contributed by atoms with E-state index in [-0.39, 0.29) is 6.54 Å². The van der Waals surface area contributed by atoms with Crippen molar-refractivity contribution in [3.05, 3.63) is 66.3 Å². The molecule has 24 heavy (non-hydrogen) atoms. The lowest BCUT2D eigenvalue weighted by Crippen LogP contribution is -2.23. The summed E-state index contributed by atoms with van der Waals surface area (Å²) in [4.78, 5) is 3.38. The van der Waals surface area contributed by atoms with Crippen LogP contribution in [-0.4, -0.2) is 28.4 Å². The van der Waals surface area contributed by atoms with E-state index in [1.807, 2.05) is 0 Å². The third-order valence-electron chi connectivity index (χ3n) is 3.06. The Bertz CT molecular complexity index is 940. The maximum Gasteiger partial charge on any atom is 0.241 e. The summed E-state index contributed by atoms with van der Waals surface area (Å²) in [7, 11) is -4.08. The molecular formula is C14H11F2N5O2S. The number of hydrogen-bond donors (Lipinski definition) is 1. The molecule has 1 aromatic carbocycles. The predicted molar refractivity (Wildman–Crippen MR) is 79.5 cm³/mol. The van der Waals surface area contributed by atoms with Crippen LogP contribution in [0.25, 0.3) is 5.69 Å². The third kappa shape index (κ3) is 3.60. The Kier molecular flexibility index (Phi) is 4.32. The van der Waals surface area contributed by atoms with Crippen LogP contribution < -0.4 is 4.72 Å². The number of pyridine rings is 1. The molecule has 2 heterocycles. The predicted octanol–water partition coefficient (Wildman–Crippen LogP) is 1.42. The Morgan fingerprint density at radius 1 is 1.08 bits per heavy atom. The fourth-order valence-electron chi connectivity index (χ4n) is 1.94. The highest BCUT2D eigenvalue weighted by Gasteiger charge is 2.17. The van der Waals surface area contributed by atoms with E-state index in [1.54, 1.807) is 24.5 Å². The van der Waals surface area contributed by atoms with Crippen LogP contribution in [0.5, 0.6) is 0 Å². The number of aromatic nitrogens is 4. The van der Waals surface area contributed by atoms with Crippen LogP contribution in [0.15, 0.2) is 53.8 Å². The van der Waals surface area contributed by atoms with Crippen molar-refractivity contribution in [3.8, 4) is 5.69 Å². The molecule has 124 valence electrons. The molecule has 0 amide bonds. The highest BCUT2D eigenvalue weighted by molar-refractivity contribution is 7.89. The summed E-state index contributed by atoms with van der Waals surface area (Å²) in [6.45, 7) is -0.175. The molecule has 3 aromatic rings. The van der Waals surface area contributed by atoms with Crippen molar-refractivity contribution in [3.63, 3.8) is 0 Å². The number of hydrogen-bond acceptors (Lipinski definition) is 5. The fourth-order valence-corrected chi connectivity index (χ4v) is 2.98. The van der Waals surface area contributed by atoms with Crippen molar-refractivity contribution in [2.24, 2.45) is 0 Å². The van der Waals surface area contributed by atoms with Gasteiger partial charge >= 0.3 is 0 Å². The summed E-state index contributed by atoms with van der Waals surface area (Å²) in [6, 6.07) is 5.48. The minimum absolute atomic E-state index is 0.175. The van der Waals surface area contributed by atoms with Crippen LogP contribution in [-0.2, 0) is 16.6 Å². The largest absolute Gasteiger partial charge is 0.265 e. The molecule has 0 bridgehead atoms. The molecule has 7 nitrogen and oxygen atoms in total. The normalized spacial score (nSPS) is 11.6. The van der Waals surface area contributed by atoms with Crippen LogP contribution in [0.4, 0.5) is 8.78 Å². The number of sulfonamides is 1. The Balaban J connectivity index is 1.75. The van der Waals surface area contributed by atoms with Crippen LogP contribution >= 0.6 is 0 Å². The minimum Gasteiger partial charge on any atom is -0.265 e. The molecule has 0 aliphatic carbocycles. The summed E-state index contributed by atoms with van der Waals surface area (Å²) in [5.74, 6) is -1.95. The second-order valence-corrected chi connectivity index (χ2v) is 6.56. The fraction of sp³-hybridized carbons (Fsp3) is 0.0714. The molecule has 0 saturated carbocycles. The lowest BCUT2D eigenvalue weighted by molar-refractivity contribution is 0.561. The maximum absolute atomic E-state index is 13.1. The molecule has 0 radical (unpaired) electrons. The van der Waals surface area contributed by atoms with E-state index >= 15 is 0 Å². The van der Waals surface area contributed by atoms with E-state index in [9.17, 15) is 17.2 Å². The van der Waals surface area contributed by atoms with Gasteiger partial charge in [-0.1, -0.05) is 5.21 Å². The number of rotatable bonds is 5. The summed E-state index contributed by atoms with van der Waals surface area (Å²) >= 11 is 0. The third-order valence-corrected chi connectivity index (χ3v) is 4.44. The van der Waals surface area contributed by atoms with E-state index in [2.05, 4.69) is 20.0 Å². The minimum atomic E-state index is -4.08. The highest BCUT2D eigenvalue weighted by Crippen LogP contribution is 2.14. The lowest BCUT2D eigenvalue weighted by atomic mass is 10.3. The average molecular weight is 351 g/mol. The van der Waals surface area contributed by atoms with Gasteiger partial charge in [0, 0.05) is 18.5 Å². The first-order valence-electron chi connectivity index (χ1n) is 6.71. The molecule has 2 aromatic heterocycles. The van der Waals surface area contributed by atoms with Crippen LogP contribution in [0.1, 0.15) is 5.69 Å². The number of benzene rings is 1. The molecule has 3 rings (SSSR count). The zero-order valence-electron chi connectivity index (χ0n) is 12.1. The van der Waals surface area contributed by atoms with E-state index in [1.165, 1.54) is 10.9 Å². The molecule has 0 spiro atoms. The van der Waals surface area contributed by atoms with Crippen LogP contribution in [0.3, 0.4) is 0 Å². The number of nitrogens with zero attached hydrogens (tertiary/aromatic N) is 4. The molecule has 0 atom stereocenters. The SMILES string of the molecule is O=S(=O)(NCc1cn(-c2ccncc2)nn1)c1cc(F)cc(F)c1. The monoisotopic (exact) mass is 351 g/mol. The smallest absolute Gasteiger partial charge is 0.241 e. The molecule has 0 aliphatic heterocycles. The van der Waals surface area contributed by atoms with Gasteiger partial charge in [-0.2, -0.15) is 0 Å². The number of nitrogens with one attached hydrogen (secondary N) is 1. The maximum atomic E-state index is 13.1. The Hall–Kier alpha value is -2.72. The second kappa shape index (κ2) is 6.42. The van der Waals surface area contributed by atoms with Gasteiger partial charge in [-0.15, -0.1) is 5.10 Å². The van der Waals surface area contributed by atoms with Crippen LogP contribution in [0.2, 0.25) is 0 Å². The van der Waals surface area contributed by atoms with Gasteiger partial charge in [0.05, 0.1) is 29.0 Å². The Labute approximate surface area is 136 Å². The van der Waals surface area contributed by atoms with E-state index in [0.29, 0.717) is 17.4 Å². The van der Waals surface area contributed by atoms with Crippen molar-refractivity contribution < 1.29 is 17.2 Å². The van der Waals surface area contributed by atoms with Crippen LogP contribution in [0, 0.1) is 11.6 Å². The van der Waals surface area contributed by atoms with Gasteiger partial charge in [-0.05, 0) is 24.3 Å². The molecule has 10 heteroatoms. The summed E-state index contributed by atoms with van der Waals surface area (Å²) in [6.07, 6.45) is 4.69. The van der Waals surface area contributed by atoms with Gasteiger partial charge in [0.1, 0.15) is 11.6 Å². The van der Waals surface area contributed by atoms with E-state index in [0.717, 1.165) is 12.1 Å². The Morgan fingerprint density at radius 3 is 2.42 bits per heavy atom. The van der Waals surface area contributed by atoms with E-state index < -0.39 is 26.6 Å². The van der Waals surface area contributed by atoms with Gasteiger partial charge in [0.25, 0.3) is 0 Å². The molecule has 0 fully saturated rings. The van der Waals surface area contributed by atoms with E-state index in [4.69, 9.17) is 0 Å². The first-order valence-corrected chi connectivity index (χ1v) is 8.20. The van der Waals surface area contributed by atoms with Gasteiger partial charge in [0.2, 0.25) is 10.0 Å². The van der Waals surface area contributed by atoms with Crippen molar-refractivity contribution >= 4 is 10.0 Å². The highest BCUT2D eigenvalue weighted by atomic mass is 32.2. The van der Waals surface area contributed by atoms with Crippen molar-refractivity contribution in [2.45, 2.75) is 11.4 Å². The van der Waals surface area contributed by atoms with Crippen molar-refractivity contribution in [1.29, 1.82) is 0 Å². The molecular weight excluding hydrogens is 340 g/mol. The van der Waals surface area contributed by atoms with Gasteiger partial charge in [-0.25, -0.2) is 26.6 Å². The molecule has 0 aliphatic rings. The summed E-state index contributed by atoms with van der Waals surface area (Å²) in [5, 5.41) is 7.71. The lowest BCUT2D eigenvalue weighted by Gasteiger charge is -2.05. The molecule has 0 unspecified atom stereocenters. The van der Waals surface area contributed by atoms with Gasteiger partial charge in [-0.3, -0.25) is 4.98 Å². The second-order valence-electron chi connectivity index (χ2n) is 4.79. The molecule has 1 N–H and O–H groups in total. The first kappa shape index (κ1) is 16.1. The summed E-state index contributed by atoms with van der Waals surface area (Å²) < 4.78 is 54.1. The Morgan fingerprint density at radius 2 is 1.75 bits per heavy atom. The summed E-state index contributed by atoms with van der Waals surface area (Å²) in [5.41, 5.74) is 1.05. The zero-order chi connectivity index (χ0) is 17.2. The van der Waals surface area contributed by atoms with Gasteiger partial charge in [0.15, 0.2) is 0 Å². The van der Waals surface area contributed by atoms with Gasteiger partial charge < -0.3 is 0 Å². The van der Waals surface area contributed by atoms with Crippen molar-refractivity contribution in [2.75, 3.05) is 0 Å². The zero-order valence-corrected chi connectivity index (χ0v) is 12.9.